The molecule has 0 aliphatic rings. The molecule has 3 heterocycles. The molecule has 1 aromatic carbocycles. The molecule has 140 valence electrons. The maximum Gasteiger partial charge on any atom is 0.274 e. The predicted octanol–water partition coefficient (Wildman–Crippen LogP) is 3.68. The van der Waals surface area contributed by atoms with Crippen molar-refractivity contribution in [1.82, 2.24) is 24.3 Å². The molecular formula is C22H21N5O. The highest BCUT2D eigenvalue weighted by atomic mass is 16.2. The number of benzene rings is 1. The number of nitrogens with zero attached hydrogens (tertiary/aromatic N) is 5. The van der Waals surface area contributed by atoms with Crippen molar-refractivity contribution < 1.29 is 4.79 Å². The van der Waals surface area contributed by atoms with Crippen molar-refractivity contribution in [2.24, 2.45) is 0 Å². The van der Waals surface area contributed by atoms with Crippen molar-refractivity contribution in [2.45, 2.75) is 20.4 Å². The molecule has 0 saturated heterocycles. The third-order valence-corrected chi connectivity index (χ3v) is 4.71. The van der Waals surface area contributed by atoms with Gasteiger partial charge in [-0.1, -0.05) is 35.9 Å². The SMILES string of the molecule is Cc1ccc(-c2nc3ccc(C)cn3c2CN(C)C(=O)c2cnccn2)cc1. The minimum Gasteiger partial charge on any atom is -0.334 e. The molecular weight excluding hydrogens is 350 g/mol. The third kappa shape index (κ3) is 3.36. The van der Waals surface area contributed by atoms with Gasteiger partial charge in [0, 0.05) is 31.2 Å². The Morgan fingerprint density at radius 3 is 2.50 bits per heavy atom. The average molecular weight is 371 g/mol. The summed E-state index contributed by atoms with van der Waals surface area (Å²) < 4.78 is 2.06. The van der Waals surface area contributed by atoms with E-state index in [9.17, 15) is 4.79 Å². The van der Waals surface area contributed by atoms with E-state index in [4.69, 9.17) is 4.98 Å². The molecule has 28 heavy (non-hydrogen) atoms. The lowest BCUT2D eigenvalue weighted by atomic mass is 10.1. The molecule has 4 rings (SSSR count). The fraction of sp³-hybridized carbons (Fsp3) is 0.182. The van der Waals surface area contributed by atoms with Gasteiger partial charge in [-0.15, -0.1) is 0 Å². The number of rotatable bonds is 4. The fourth-order valence-electron chi connectivity index (χ4n) is 3.19. The molecule has 3 aromatic heterocycles. The predicted molar refractivity (Wildman–Crippen MR) is 108 cm³/mol. The van der Waals surface area contributed by atoms with Gasteiger partial charge in [0.1, 0.15) is 11.3 Å². The number of aromatic nitrogens is 4. The van der Waals surface area contributed by atoms with Crippen molar-refractivity contribution in [3.63, 3.8) is 0 Å². The zero-order valence-electron chi connectivity index (χ0n) is 16.1. The Bertz CT molecular complexity index is 1130. The molecule has 0 N–H and O–H groups in total. The number of hydrogen-bond acceptors (Lipinski definition) is 4. The quantitative estimate of drug-likeness (QED) is 0.549. The summed E-state index contributed by atoms with van der Waals surface area (Å²) in [5.41, 5.74) is 6.38. The first kappa shape index (κ1) is 17.9. The maximum atomic E-state index is 12.8. The Morgan fingerprint density at radius 1 is 1.04 bits per heavy atom. The van der Waals surface area contributed by atoms with Gasteiger partial charge >= 0.3 is 0 Å². The van der Waals surface area contributed by atoms with E-state index in [1.165, 1.54) is 18.0 Å². The van der Waals surface area contributed by atoms with Crippen LogP contribution in [-0.4, -0.2) is 37.2 Å². The van der Waals surface area contributed by atoms with E-state index in [2.05, 4.69) is 51.8 Å². The molecule has 0 spiro atoms. The minimum absolute atomic E-state index is 0.175. The van der Waals surface area contributed by atoms with E-state index >= 15 is 0 Å². The summed E-state index contributed by atoms with van der Waals surface area (Å²) in [7, 11) is 1.77. The molecule has 0 saturated carbocycles. The maximum absolute atomic E-state index is 12.8. The zero-order valence-corrected chi connectivity index (χ0v) is 16.1. The van der Waals surface area contributed by atoms with Crippen LogP contribution in [0.2, 0.25) is 0 Å². The summed E-state index contributed by atoms with van der Waals surface area (Å²) >= 11 is 0. The van der Waals surface area contributed by atoms with Gasteiger partial charge in [0.25, 0.3) is 5.91 Å². The number of carbonyl (C=O) groups is 1. The Labute approximate surface area is 163 Å². The van der Waals surface area contributed by atoms with Gasteiger partial charge in [0.2, 0.25) is 0 Å². The second-order valence-electron chi connectivity index (χ2n) is 6.96. The first-order valence-corrected chi connectivity index (χ1v) is 9.09. The monoisotopic (exact) mass is 371 g/mol. The Kier molecular flexibility index (Phi) is 4.61. The van der Waals surface area contributed by atoms with Crippen LogP contribution < -0.4 is 0 Å². The molecule has 0 fully saturated rings. The summed E-state index contributed by atoms with van der Waals surface area (Å²) in [5, 5.41) is 0. The molecule has 0 atom stereocenters. The van der Waals surface area contributed by atoms with Gasteiger partial charge in [-0.2, -0.15) is 0 Å². The minimum atomic E-state index is -0.175. The second kappa shape index (κ2) is 7.23. The van der Waals surface area contributed by atoms with E-state index in [1.807, 2.05) is 19.1 Å². The highest BCUT2D eigenvalue weighted by Gasteiger charge is 2.20. The fourth-order valence-corrected chi connectivity index (χ4v) is 3.19. The molecule has 6 heteroatoms. The van der Waals surface area contributed by atoms with Gasteiger partial charge in [0.05, 0.1) is 24.1 Å². The van der Waals surface area contributed by atoms with E-state index in [0.717, 1.165) is 28.2 Å². The summed E-state index contributed by atoms with van der Waals surface area (Å²) in [6, 6.07) is 12.3. The van der Waals surface area contributed by atoms with Crippen LogP contribution in [0.5, 0.6) is 0 Å². The first-order valence-electron chi connectivity index (χ1n) is 9.09. The van der Waals surface area contributed by atoms with Gasteiger partial charge in [0.15, 0.2) is 0 Å². The van der Waals surface area contributed by atoms with Crippen LogP contribution in [0.15, 0.2) is 61.2 Å². The lowest BCUT2D eigenvalue weighted by molar-refractivity contribution is 0.0777. The van der Waals surface area contributed by atoms with Crippen molar-refractivity contribution in [3.8, 4) is 11.3 Å². The number of pyridine rings is 1. The van der Waals surface area contributed by atoms with Gasteiger partial charge < -0.3 is 9.30 Å². The Hall–Kier alpha value is -3.54. The van der Waals surface area contributed by atoms with Gasteiger partial charge in [-0.25, -0.2) is 9.97 Å². The van der Waals surface area contributed by atoms with E-state index in [0.29, 0.717) is 12.2 Å². The molecule has 0 bridgehead atoms. The Balaban J connectivity index is 1.78. The van der Waals surface area contributed by atoms with E-state index in [1.54, 1.807) is 18.1 Å². The van der Waals surface area contributed by atoms with Crippen LogP contribution in [0.1, 0.15) is 27.3 Å². The molecule has 0 unspecified atom stereocenters. The van der Waals surface area contributed by atoms with Crippen LogP contribution in [0.25, 0.3) is 16.9 Å². The molecule has 4 aromatic rings. The van der Waals surface area contributed by atoms with E-state index < -0.39 is 0 Å². The van der Waals surface area contributed by atoms with Crippen molar-refractivity contribution in [3.05, 3.63) is 83.7 Å². The largest absolute Gasteiger partial charge is 0.334 e. The van der Waals surface area contributed by atoms with Crippen LogP contribution in [-0.2, 0) is 6.54 Å². The average Bonchev–Trinajstić information content (AvgIpc) is 3.06. The normalized spacial score (nSPS) is 11.0. The lowest BCUT2D eigenvalue weighted by Crippen LogP contribution is -2.28. The summed E-state index contributed by atoms with van der Waals surface area (Å²) in [6.07, 6.45) is 6.62. The Morgan fingerprint density at radius 2 is 1.79 bits per heavy atom. The van der Waals surface area contributed by atoms with Gasteiger partial charge in [-0.05, 0) is 25.5 Å². The van der Waals surface area contributed by atoms with Gasteiger partial charge in [-0.3, -0.25) is 9.78 Å². The molecule has 1 amide bonds. The highest BCUT2D eigenvalue weighted by Crippen LogP contribution is 2.26. The van der Waals surface area contributed by atoms with Crippen LogP contribution in [0.4, 0.5) is 0 Å². The molecule has 0 radical (unpaired) electrons. The van der Waals surface area contributed by atoms with Crippen LogP contribution >= 0.6 is 0 Å². The molecule has 0 aliphatic carbocycles. The van der Waals surface area contributed by atoms with E-state index in [-0.39, 0.29) is 5.91 Å². The summed E-state index contributed by atoms with van der Waals surface area (Å²) in [5.74, 6) is -0.175. The number of aryl methyl sites for hydroxylation is 2. The number of amides is 1. The summed E-state index contributed by atoms with van der Waals surface area (Å²) in [6.45, 7) is 4.51. The van der Waals surface area contributed by atoms with Crippen LogP contribution in [0, 0.1) is 13.8 Å². The molecule has 0 aliphatic heterocycles. The second-order valence-corrected chi connectivity index (χ2v) is 6.96. The number of hydrogen-bond donors (Lipinski definition) is 0. The van der Waals surface area contributed by atoms with Crippen molar-refractivity contribution in [1.29, 1.82) is 0 Å². The lowest BCUT2D eigenvalue weighted by Gasteiger charge is -2.17. The van der Waals surface area contributed by atoms with Crippen molar-refractivity contribution in [2.75, 3.05) is 7.05 Å². The number of imidazole rings is 1. The van der Waals surface area contributed by atoms with Crippen LogP contribution in [0.3, 0.4) is 0 Å². The number of carbonyl (C=O) groups excluding carboxylic acids is 1. The number of fused-ring (bicyclic) bond motifs is 1. The summed E-state index contributed by atoms with van der Waals surface area (Å²) in [4.78, 5) is 27.4. The zero-order chi connectivity index (χ0) is 19.7. The standard InChI is InChI=1S/C22H21N5O/c1-15-4-7-17(8-5-15)21-19(27-13-16(2)6-9-20(27)25-21)14-26(3)22(28)18-12-23-10-11-24-18/h4-13H,14H2,1-3H3. The molecule has 6 nitrogen and oxygen atoms in total. The highest BCUT2D eigenvalue weighted by molar-refractivity contribution is 5.91. The first-order chi connectivity index (χ1) is 13.5. The third-order valence-electron chi connectivity index (χ3n) is 4.71. The topological polar surface area (TPSA) is 63.4 Å². The smallest absolute Gasteiger partial charge is 0.274 e. The van der Waals surface area contributed by atoms with Crippen molar-refractivity contribution >= 4 is 11.6 Å².